The Hall–Kier alpha value is -3.10. The number of carboxylic acid groups (broad SMARTS) is 1. The van der Waals surface area contributed by atoms with Gasteiger partial charge in [0.05, 0.1) is 23.4 Å². The van der Waals surface area contributed by atoms with Crippen molar-refractivity contribution in [3.05, 3.63) is 45.1 Å². The third-order valence-corrected chi connectivity index (χ3v) is 7.30. The number of carboxylic acids is 1. The van der Waals surface area contributed by atoms with Gasteiger partial charge >= 0.3 is 12.1 Å². The lowest BCUT2D eigenvalue weighted by Gasteiger charge is -2.25. The highest BCUT2D eigenvalue weighted by Crippen LogP contribution is 2.46. The summed E-state index contributed by atoms with van der Waals surface area (Å²) in [6, 6.07) is 1.29. The molecule has 0 bridgehead atoms. The zero-order chi connectivity index (χ0) is 25.2. The quantitative estimate of drug-likeness (QED) is 0.663. The van der Waals surface area contributed by atoms with Gasteiger partial charge < -0.3 is 20.1 Å². The molecule has 0 aromatic carbocycles. The number of hydrogen-bond donors (Lipinski definition) is 2. The van der Waals surface area contributed by atoms with Gasteiger partial charge in [0.25, 0.3) is 5.56 Å². The van der Waals surface area contributed by atoms with Crippen molar-refractivity contribution in [1.29, 1.82) is 0 Å². The summed E-state index contributed by atoms with van der Waals surface area (Å²) in [4.78, 5) is 39.0. The zero-order valence-corrected chi connectivity index (χ0v) is 20.6. The second-order valence-electron chi connectivity index (χ2n) is 11.2. The van der Waals surface area contributed by atoms with Crippen LogP contribution in [-0.2, 0) is 4.74 Å². The Labute approximate surface area is 203 Å². The molecule has 2 aromatic rings. The van der Waals surface area contributed by atoms with Crippen LogP contribution in [-0.4, -0.2) is 46.3 Å². The van der Waals surface area contributed by atoms with E-state index < -0.39 is 29.0 Å². The number of pyridine rings is 2. The van der Waals surface area contributed by atoms with Crippen LogP contribution in [0.4, 0.5) is 14.9 Å². The van der Waals surface area contributed by atoms with E-state index in [4.69, 9.17) is 4.74 Å². The molecule has 35 heavy (non-hydrogen) atoms. The molecule has 1 amide bonds. The van der Waals surface area contributed by atoms with Gasteiger partial charge in [0.1, 0.15) is 11.2 Å². The van der Waals surface area contributed by atoms with Crippen molar-refractivity contribution < 1.29 is 23.8 Å². The molecule has 9 heteroatoms. The highest BCUT2D eigenvalue weighted by Gasteiger charge is 2.44. The van der Waals surface area contributed by atoms with Crippen LogP contribution in [0.25, 0.3) is 5.52 Å². The Morgan fingerprint density at radius 3 is 2.43 bits per heavy atom. The maximum Gasteiger partial charge on any atom is 0.407 e. The molecule has 2 N–H and O–H groups in total. The molecule has 0 spiro atoms. The summed E-state index contributed by atoms with van der Waals surface area (Å²) in [5.41, 5.74) is 0.717. The molecular formula is C26H32FN3O5. The first-order chi connectivity index (χ1) is 16.4. The van der Waals surface area contributed by atoms with Gasteiger partial charge in [-0.15, -0.1) is 0 Å². The van der Waals surface area contributed by atoms with Crippen LogP contribution in [0.5, 0.6) is 0 Å². The van der Waals surface area contributed by atoms with Crippen LogP contribution in [0.2, 0.25) is 0 Å². The van der Waals surface area contributed by atoms with Crippen molar-refractivity contribution in [2.75, 3.05) is 18.0 Å². The first kappa shape index (κ1) is 23.6. The molecule has 3 aliphatic rings. The van der Waals surface area contributed by atoms with Crippen LogP contribution in [0.3, 0.4) is 0 Å². The van der Waals surface area contributed by atoms with Crippen molar-refractivity contribution in [2.24, 2.45) is 11.8 Å². The fourth-order valence-corrected chi connectivity index (χ4v) is 5.51. The van der Waals surface area contributed by atoms with E-state index >= 15 is 4.39 Å². The molecule has 1 saturated heterocycles. The number of fused-ring (bicyclic) bond motifs is 1. The first-order valence-corrected chi connectivity index (χ1v) is 12.3. The summed E-state index contributed by atoms with van der Waals surface area (Å²) in [5.74, 6) is -1.06. The predicted octanol–water partition coefficient (Wildman–Crippen LogP) is 4.06. The van der Waals surface area contributed by atoms with Gasteiger partial charge in [0.2, 0.25) is 0 Å². The topological polar surface area (TPSA) is 100 Å². The fraction of sp³-hybridized carbons (Fsp3) is 0.577. The van der Waals surface area contributed by atoms with Crippen molar-refractivity contribution in [1.82, 2.24) is 9.72 Å². The molecular weight excluding hydrogens is 453 g/mol. The molecule has 2 aliphatic carbocycles. The number of alkyl carbamates (subject to hydrolysis) is 1. The van der Waals surface area contributed by atoms with Crippen molar-refractivity contribution in [2.45, 2.75) is 70.9 Å². The molecule has 2 aromatic heterocycles. The van der Waals surface area contributed by atoms with E-state index in [1.165, 1.54) is 6.07 Å². The number of rotatable bonds is 5. The number of ether oxygens (including phenoxy) is 1. The van der Waals surface area contributed by atoms with Gasteiger partial charge in [-0.05, 0) is 82.4 Å². The highest BCUT2D eigenvalue weighted by molar-refractivity contribution is 5.89. The predicted molar refractivity (Wildman–Crippen MR) is 129 cm³/mol. The molecule has 0 unspecified atom stereocenters. The summed E-state index contributed by atoms with van der Waals surface area (Å²) in [7, 11) is 0. The number of anilines is 1. The lowest BCUT2D eigenvalue weighted by molar-refractivity contribution is 0.0494. The third-order valence-electron chi connectivity index (χ3n) is 7.30. The van der Waals surface area contributed by atoms with E-state index in [1.54, 1.807) is 6.92 Å². The molecule has 0 radical (unpaired) electrons. The first-order valence-electron chi connectivity index (χ1n) is 12.3. The van der Waals surface area contributed by atoms with Gasteiger partial charge in [-0.2, -0.15) is 0 Å². The van der Waals surface area contributed by atoms with Crippen LogP contribution >= 0.6 is 0 Å². The standard InChI is InChI=1S/C26H32FN3O5/c1-13-21-16(14-5-6-14)9-17(24(32)33)23(31)30(21)11-19(27)22(13)29-10-18(15-7-8-15)20(12-29)28-25(34)35-26(2,3)4/h9,11,14-15,18,20H,5-8,10,12H2,1-4H3,(H,28,34)(H,32,33)/t18-,20-/m1/s1. The Morgan fingerprint density at radius 1 is 1.17 bits per heavy atom. The van der Waals surface area contributed by atoms with Crippen molar-refractivity contribution in [3.63, 3.8) is 0 Å². The molecule has 3 heterocycles. The lowest BCUT2D eigenvalue weighted by Crippen LogP contribution is -2.43. The molecule has 1 aliphatic heterocycles. The number of hydrogen-bond acceptors (Lipinski definition) is 5. The Bertz CT molecular complexity index is 1270. The maximum atomic E-state index is 15.6. The van der Waals surface area contributed by atoms with E-state index in [9.17, 15) is 19.5 Å². The number of carbonyl (C=O) groups excluding carboxylic acids is 1. The number of aryl methyl sites for hydroxylation is 1. The highest BCUT2D eigenvalue weighted by atomic mass is 19.1. The van der Waals surface area contributed by atoms with Gasteiger partial charge in [0.15, 0.2) is 5.82 Å². The zero-order valence-electron chi connectivity index (χ0n) is 20.6. The number of halogens is 1. The van der Waals surface area contributed by atoms with E-state index in [1.807, 2.05) is 25.7 Å². The number of aromatic carboxylic acids is 1. The van der Waals surface area contributed by atoms with Crippen LogP contribution in [0.15, 0.2) is 17.1 Å². The SMILES string of the molecule is Cc1c(N2C[C@H](C3CC3)[C@H](NC(=O)OC(C)(C)C)C2)c(F)cn2c(=O)c(C(=O)O)cc(C3CC3)c12. The van der Waals surface area contributed by atoms with E-state index in [0.717, 1.165) is 41.8 Å². The van der Waals surface area contributed by atoms with Crippen molar-refractivity contribution in [3.8, 4) is 0 Å². The lowest BCUT2D eigenvalue weighted by atomic mass is 9.98. The average Bonchev–Trinajstić information content (AvgIpc) is 3.66. The molecule has 5 rings (SSSR count). The van der Waals surface area contributed by atoms with Gasteiger partial charge in [0, 0.05) is 19.0 Å². The number of nitrogens with one attached hydrogen (secondary N) is 1. The normalized spacial score (nSPS) is 22.5. The molecule has 188 valence electrons. The number of nitrogens with zero attached hydrogens (tertiary/aromatic N) is 2. The number of carbonyl (C=O) groups is 2. The largest absolute Gasteiger partial charge is 0.477 e. The minimum Gasteiger partial charge on any atom is -0.477 e. The van der Waals surface area contributed by atoms with Crippen molar-refractivity contribution >= 4 is 23.3 Å². The molecule has 2 saturated carbocycles. The minimum absolute atomic E-state index is 0.167. The summed E-state index contributed by atoms with van der Waals surface area (Å²) in [6.07, 6.45) is 4.64. The van der Waals surface area contributed by atoms with Gasteiger partial charge in [-0.1, -0.05) is 0 Å². The Kier molecular flexibility index (Phi) is 5.56. The number of aromatic nitrogens is 1. The van der Waals surface area contributed by atoms with E-state index in [2.05, 4.69) is 5.32 Å². The van der Waals surface area contributed by atoms with E-state index in [-0.39, 0.29) is 23.4 Å². The maximum absolute atomic E-state index is 15.6. The molecule has 2 atom stereocenters. The summed E-state index contributed by atoms with van der Waals surface area (Å²) in [5, 5.41) is 12.5. The summed E-state index contributed by atoms with van der Waals surface area (Å²) < 4.78 is 22.2. The smallest absolute Gasteiger partial charge is 0.407 e. The van der Waals surface area contributed by atoms with Crippen LogP contribution < -0.4 is 15.8 Å². The fourth-order valence-electron chi connectivity index (χ4n) is 5.51. The monoisotopic (exact) mass is 485 g/mol. The van der Waals surface area contributed by atoms with Gasteiger partial charge in [-0.25, -0.2) is 14.0 Å². The van der Waals surface area contributed by atoms with Crippen LogP contribution in [0.1, 0.15) is 73.9 Å². The summed E-state index contributed by atoms with van der Waals surface area (Å²) >= 11 is 0. The Balaban J connectivity index is 1.54. The second kappa shape index (κ2) is 8.24. The average molecular weight is 486 g/mol. The number of amides is 1. The molecule has 3 fully saturated rings. The Morgan fingerprint density at radius 2 is 1.86 bits per heavy atom. The minimum atomic E-state index is -1.31. The van der Waals surface area contributed by atoms with Crippen LogP contribution in [0, 0.1) is 24.6 Å². The van der Waals surface area contributed by atoms with Gasteiger partial charge in [-0.3, -0.25) is 9.20 Å². The second-order valence-corrected chi connectivity index (χ2v) is 11.2. The third kappa shape index (κ3) is 4.48. The molecule has 8 nitrogen and oxygen atoms in total. The summed E-state index contributed by atoms with van der Waals surface area (Å²) in [6.45, 7) is 8.26. The van der Waals surface area contributed by atoms with E-state index in [0.29, 0.717) is 35.8 Å².